The molecule has 6 heteroatoms. The van der Waals surface area contributed by atoms with Crippen molar-refractivity contribution in [1.82, 2.24) is 15.2 Å². The number of aromatic nitrogens is 2. The summed E-state index contributed by atoms with van der Waals surface area (Å²) in [6.45, 7) is 2.90. The molecule has 0 saturated carbocycles. The third-order valence-corrected chi connectivity index (χ3v) is 5.94. The minimum atomic E-state index is -0.284. The molecule has 1 aliphatic carbocycles. The number of hydrogen-bond donors (Lipinski definition) is 1. The Morgan fingerprint density at radius 1 is 1.06 bits per heavy atom. The third kappa shape index (κ3) is 5.69. The Balaban J connectivity index is 1.39. The average Bonchev–Trinajstić information content (AvgIpc) is 3.46. The van der Waals surface area contributed by atoms with Crippen molar-refractivity contribution in [3.8, 4) is 11.4 Å². The molecule has 0 radical (unpaired) electrons. The number of rotatable bonds is 11. The predicted molar refractivity (Wildman–Crippen MR) is 131 cm³/mol. The SMILES string of the molecule is CCCCCCCOc1ccccc1/C=N/NC(=O)c1nn(-c2ccccc2)c2c1CCC2. The van der Waals surface area contributed by atoms with Crippen LogP contribution in [0.2, 0.25) is 0 Å². The van der Waals surface area contributed by atoms with Crippen molar-refractivity contribution in [1.29, 1.82) is 0 Å². The number of benzene rings is 2. The van der Waals surface area contributed by atoms with Crippen LogP contribution in [0.15, 0.2) is 59.7 Å². The minimum Gasteiger partial charge on any atom is -0.493 e. The van der Waals surface area contributed by atoms with Gasteiger partial charge < -0.3 is 4.74 Å². The molecule has 1 N–H and O–H groups in total. The average molecular weight is 445 g/mol. The number of hydrogen-bond acceptors (Lipinski definition) is 4. The van der Waals surface area contributed by atoms with Crippen LogP contribution in [-0.4, -0.2) is 28.5 Å². The molecule has 1 heterocycles. The zero-order valence-electron chi connectivity index (χ0n) is 19.3. The molecule has 0 saturated heterocycles. The second-order valence-corrected chi connectivity index (χ2v) is 8.37. The Bertz CT molecular complexity index is 1090. The summed E-state index contributed by atoms with van der Waals surface area (Å²) >= 11 is 0. The summed E-state index contributed by atoms with van der Waals surface area (Å²) in [4.78, 5) is 12.9. The van der Waals surface area contributed by atoms with Gasteiger partial charge in [0.15, 0.2) is 5.69 Å². The van der Waals surface area contributed by atoms with Gasteiger partial charge in [-0.05, 0) is 49.9 Å². The van der Waals surface area contributed by atoms with E-state index in [9.17, 15) is 4.79 Å². The topological polar surface area (TPSA) is 68.5 Å². The Morgan fingerprint density at radius 3 is 2.70 bits per heavy atom. The van der Waals surface area contributed by atoms with E-state index < -0.39 is 0 Å². The summed E-state index contributed by atoms with van der Waals surface area (Å²) < 4.78 is 7.85. The fourth-order valence-corrected chi connectivity index (χ4v) is 4.22. The summed E-state index contributed by atoms with van der Waals surface area (Å²) in [5.41, 5.74) is 7.07. The summed E-state index contributed by atoms with van der Waals surface area (Å²) in [6.07, 6.45) is 10.4. The van der Waals surface area contributed by atoms with E-state index in [4.69, 9.17) is 4.74 Å². The zero-order valence-corrected chi connectivity index (χ0v) is 19.3. The van der Waals surface area contributed by atoms with E-state index in [2.05, 4.69) is 22.5 Å². The number of ether oxygens (including phenoxy) is 1. The van der Waals surface area contributed by atoms with Crippen LogP contribution in [0.4, 0.5) is 0 Å². The number of carbonyl (C=O) groups is 1. The predicted octanol–water partition coefficient (Wildman–Crippen LogP) is 5.47. The van der Waals surface area contributed by atoms with Crippen molar-refractivity contribution in [3.05, 3.63) is 77.1 Å². The molecule has 1 aliphatic rings. The van der Waals surface area contributed by atoms with Gasteiger partial charge in [0, 0.05) is 16.8 Å². The zero-order chi connectivity index (χ0) is 22.9. The lowest BCUT2D eigenvalue weighted by molar-refractivity contribution is 0.0949. The highest BCUT2D eigenvalue weighted by Gasteiger charge is 2.26. The van der Waals surface area contributed by atoms with Crippen molar-refractivity contribution in [2.45, 2.75) is 58.3 Å². The second kappa shape index (κ2) is 11.5. The van der Waals surface area contributed by atoms with Gasteiger partial charge in [0.25, 0.3) is 5.91 Å². The molecule has 33 heavy (non-hydrogen) atoms. The molecular formula is C27H32N4O2. The molecule has 4 rings (SSSR count). The van der Waals surface area contributed by atoms with Crippen LogP contribution >= 0.6 is 0 Å². The van der Waals surface area contributed by atoms with Crippen LogP contribution < -0.4 is 10.2 Å². The number of carbonyl (C=O) groups excluding carboxylic acids is 1. The van der Waals surface area contributed by atoms with E-state index in [-0.39, 0.29) is 5.91 Å². The largest absolute Gasteiger partial charge is 0.493 e. The third-order valence-electron chi connectivity index (χ3n) is 5.94. The van der Waals surface area contributed by atoms with Crippen molar-refractivity contribution < 1.29 is 9.53 Å². The highest BCUT2D eigenvalue weighted by Crippen LogP contribution is 2.27. The van der Waals surface area contributed by atoms with Crippen LogP contribution in [0.25, 0.3) is 5.69 Å². The van der Waals surface area contributed by atoms with Gasteiger partial charge in [-0.2, -0.15) is 10.2 Å². The number of hydrazone groups is 1. The highest BCUT2D eigenvalue weighted by atomic mass is 16.5. The summed E-state index contributed by atoms with van der Waals surface area (Å²) in [5.74, 6) is 0.494. The van der Waals surface area contributed by atoms with E-state index in [1.54, 1.807) is 6.21 Å². The standard InChI is InChI=1S/C27H32N4O2/c1-2-3-4-5-11-19-33-25-18-10-9-13-21(25)20-28-29-27(32)26-23-16-12-17-24(23)31(30-26)22-14-7-6-8-15-22/h6-10,13-15,18,20H,2-5,11-12,16-17,19H2,1H3,(H,29,32)/b28-20+. The van der Waals surface area contributed by atoms with Crippen molar-refractivity contribution in [2.24, 2.45) is 5.10 Å². The van der Waals surface area contributed by atoms with E-state index in [0.29, 0.717) is 12.3 Å². The highest BCUT2D eigenvalue weighted by molar-refractivity contribution is 5.95. The molecule has 2 aromatic carbocycles. The van der Waals surface area contributed by atoms with Crippen LogP contribution in [0, 0.1) is 0 Å². The van der Waals surface area contributed by atoms with E-state index in [0.717, 1.165) is 53.9 Å². The Kier molecular flexibility index (Phi) is 7.90. The van der Waals surface area contributed by atoms with Crippen LogP contribution in [0.5, 0.6) is 5.75 Å². The summed E-state index contributed by atoms with van der Waals surface area (Å²) in [6, 6.07) is 17.7. The first-order valence-electron chi connectivity index (χ1n) is 12.0. The van der Waals surface area contributed by atoms with E-state index in [1.165, 1.54) is 25.7 Å². The first-order chi connectivity index (χ1) is 16.3. The van der Waals surface area contributed by atoms with Gasteiger partial charge in [-0.1, -0.05) is 62.9 Å². The molecule has 0 fully saturated rings. The van der Waals surface area contributed by atoms with Crippen molar-refractivity contribution in [2.75, 3.05) is 6.61 Å². The molecule has 1 aromatic heterocycles. The molecule has 172 valence electrons. The van der Waals surface area contributed by atoms with Crippen LogP contribution in [-0.2, 0) is 12.8 Å². The number of unbranched alkanes of at least 4 members (excludes halogenated alkanes) is 4. The lowest BCUT2D eigenvalue weighted by atomic mass is 10.2. The second-order valence-electron chi connectivity index (χ2n) is 8.37. The van der Waals surface area contributed by atoms with E-state index >= 15 is 0 Å². The Hall–Kier alpha value is -3.41. The molecule has 3 aromatic rings. The number of fused-ring (bicyclic) bond motifs is 1. The van der Waals surface area contributed by atoms with Gasteiger partial charge in [-0.15, -0.1) is 0 Å². The van der Waals surface area contributed by atoms with Gasteiger partial charge in [-0.25, -0.2) is 10.1 Å². The molecule has 6 nitrogen and oxygen atoms in total. The van der Waals surface area contributed by atoms with Gasteiger partial charge in [0.2, 0.25) is 0 Å². The quantitative estimate of drug-likeness (QED) is 0.242. The lowest BCUT2D eigenvalue weighted by Crippen LogP contribution is -2.20. The molecule has 0 spiro atoms. The van der Waals surface area contributed by atoms with Gasteiger partial charge in [0.1, 0.15) is 5.75 Å². The van der Waals surface area contributed by atoms with Crippen LogP contribution in [0.1, 0.15) is 72.8 Å². The first-order valence-corrected chi connectivity index (χ1v) is 12.0. The smallest absolute Gasteiger partial charge is 0.292 e. The van der Waals surface area contributed by atoms with Gasteiger partial charge >= 0.3 is 0 Å². The molecule has 0 aliphatic heterocycles. The number of nitrogens with one attached hydrogen (secondary N) is 1. The molecule has 0 atom stereocenters. The Morgan fingerprint density at radius 2 is 1.85 bits per heavy atom. The first kappa shape index (κ1) is 22.8. The maximum absolute atomic E-state index is 12.9. The van der Waals surface area contributed by atoms with Gasteiger partial charge in [-0.3, -0.25) is 4.79 Å². The maximum atomic E-state index is 12.9. The maximum Gasteiger partial charge on any atom is 0.292 e. The monoisotopic (exact) mass is 444 g/mol. The van der Waals surface area contributed by atoms with Crippen LogP contribution in [0.3, 0.4) is 0 Å². The molecule has 1 amide bonds. The minimum absolute atomic E-state index is 0.284. The normalized spacial score (nSPS) is 12.8. The fourth-order valence-electron chi connectivity index (χ4n) is 4.22. The molecule has 0 bridgehead atoms. The van der Waals surface area contributed by atoms with E-state index in [1.807, 2.05) is 59.3 Å². The fraction of sp³-hybridized carbons (Fsp3) is 0.370. The summed E-state index contributed by atoms with van der Waals surface area (Å²) in [7, 11) is 0. The Labute approximate surface area is 195 Å². The van der Waals surface area contributed by atoms with Gasteiger partial charge in [0.05, 0.1) is 18.5 Å². The molecular weight excluding hydrogens is 412 g/mol. The summed E-state index contributed by atoms with van der Waals surface area (Å²) in [5, 5.41) is 8.82. The van der Waals surface area contributed by atoms with Crippen molar-refractivity contribution >= 4 is 12.1 Å². The van der Waals surface area contributed by atoms with Crippen molar-refractivity contribution in [3.63, 3.8) is 0 Å². The number of nitrogens with zero attached hydrogens (tertiary/aromatic N) is 3. The molecule has 0 unspecified atom stereocenters. The number of para-hydroxylation sites is 2. The lowest BCUT2D eigenvalue weighted by Gasteiger charge is -2.08. The number of amides is 1.